The van der Waals surface area contributed by atoms with Gasteiger partial charge in [-0.15, -0.1) is 0 Å². The largest absolute Gasteiger partial charge is 0.376 e. The van der Waals surface area contributed by atoms with Gasteiger partial charge in [-0.1, -0.05) is 0 Å². The summed E-state index contributed by atoms with van der Waals surface area (Å²) in [6, 6.07) is 0. The average Bonchev–Trinajstić information content (AvgIpc) is 2.89. The molecule has 15 heavy (non-hydrogen) atoms. The van der Waals surface area contributed by atoms with Crippen molar-refractivity contribution in [1.82, 2.24) is 4.90 Å². The number of guanidine groups is 1. The number of ether oxygens (including phenoxy) is 1. The van der Waals surface area contributed by atoms with Crippen molar-refractivity contribution in [2.75, 3.05) is 19.7 Å². The van der Waals surface area contributed by atoms with Crippen LogP contribution in [0.15, 0.2) is 4.99 Å². The number of nitrogens with two attached hydrogens (primary N) is 1. The smallest absolute Gasteiger partial charge is 0.191 e. The van der Waals surface area contributed by atoms with Gasteiger partial charge in [0.1, 0.15) is 0 Å². The van der Waals surface area contributed by atoms with E-state index in [4.69, 9.17) is 10.5 Å². The number of rotatable bonds is 2. The maximum absolute atomic E-state index is 5.99. The van der Waals surface area contributed by atoms with Crippen LogP contribution in [-0.4, -0.2) is 42.2 Å². The van der Waals surface area contributed by atoms with Crippen molar-refractivity contribution in [2.45, 2.75) is 37.8 Å². The molecule has 2 unspecified atom stereocenters. The first-order valence-corrected chi connectivity index (χ1v) is 5.91. The van der Waals surface area contributed by atoms with Gasteiger partial charge in [0.05, 0.1) is 18.2 Å². The lowest BCUT2D eigenvalue weighted by atomic mass is 9.91. The summed E-state index contributed by atoms with van der Waals surface area (Å²) < 4.78 is 5.70. The van der Waals surface area contributed by atoms with Crippen LogP contribution in [-0.2, 0) is 4.74 Å². The molecule has 1 saturated heterocycles. The van der Waals surface area contributed by atoms with Crippen molar-refractivity contribution < 1.29 is 4.74 Å². The summed E-state index contributed by atoms with van der Waals surface area (Å²) in [6.45, 7) is 4.92. The third kappa shape index (κ3) is 1.34. The predicted molar refractivity (Wildman–Crippen MR) is 58.7 cm³/mol. The van der Waals surface area contributed by atoms with Gasteiger partial charge in [0.2, 0.25) is 0 Å². The minimum atomic E-state index is 0.0900. The quantitative estimate of drug-likeness (QED) is 0.723. The van der Waals surface area contributed by atoms with Crippen LogP contribution in [0.2, 0.25) is 0 Å². The molecule has 2 atom stereocenters. The molecule has 0 radical (unpaired) electrons. The van der Waals surface area contributed by atoms with Gasteiger partial charge in [-0.05, 0) is 32.1 Å². The second-order valence-electron chi connectivity index (χ2n) is 5.10. The van der Waals surface area contributed by atoms with Gasteiger partial charge in [-0.3, -0.25) is 4.99 Å². The van der Waals surface area contributed by atoms with Crippen LogP contribution in [0.25, 0.3) is 0 Å². The summed E-state index contributed by atoms with van der Waals surface area (Å²) in [5.74, 6) is 1.58. The molecule has 1 aliphatic carbocycles. The van der Waals surface area contributed by atoms with E-state index < -0.39 is 0 Å². The molecule has 2 heterocycles. The molecule has 4 nitrogen and oxygen atoms in total. The van der Waals surface area contributed by atoms with Gasteiger partial charge >= 0.3 is 0 Å². The molecular weight excluding hydrogens is 190 g/mol. The highest BCUT2D eigenvalue weighted by atomic mass is 16.5. The minimum absolute atomic E-state index is 0.0900. The average molecular weight is 209 g/mol. The summed E-state index contributed by atoms with van der Waals surface area (Å²) in [5.41, 5.74) is 6.08. The summed E-state index contributed by atoms with van der Waals surface area (Å²) in [5, 5.41) is 0. The minimum Gasteiger partial charge on any atom is -0.376 e. The van der Waals surface area contributed by atoms with E-state index in [2.05, 4.69) is 16.8 Å². The van der Waals surface area contributed by atoms with E-state index in [-0.39, 0.29) is 11.6 Å². The van der Waals surface area contributed by atoms with Gasteiger partial charge in [-0.25, -0.2) is 0 Å². The number of hydrogen-bond donors (Lipinski definition) is 1. The molecule has 1 spiro atoms. The van der Waals surface area contributed by atoms with E-state index in [9.17, 15) is 0 Å². The first kappa shape index (κ1) is 9.46. The van der Waals surface area contributed by atoms with Crippen LogP contribution in [0.5, 0.6) is 0 Å². The fourth-order valence-electron chi connectivity index (χ4n) is 2.78. The van der Waals surface area contributed by atoms with Crippen molar-refractivity contribution >= 4 is 5.96 Å². The van der Waals surface area contributed by atoms with Crippen molar-refractivity contribution in [2.24, 2.45) is 16.6 Å². The Kier molecular flexibility index (Phi) is 1.96. The highest BCUT2D eigenvalue weighted by Crippen LogP contribution is 2.39. The van der Waals surface area contributed by atoms with Crippen LogP contribution in [0.1, 0.15) is 26.2 Å². The van der Waals surface area contributed by atoms with Crippen LogP contribution in [0.3, 0.4) is 0 Å². The van der Waals surface area contributed by atoms with Gasteiger partial charge in [0, 0.05) is 13.2 Å². The standard InChI is InChI=1S/C11H19N3O/c1-8-11(4-5-15-8)7-13-10(12)14(11)6-9-2-3-9/h8-9H,2-7H2,1H3,(H2,12,13). The fourth-order valence-corrected chi connectivity index (χ4v) is 2.78. The number of nitrogens with zero attached hydrogens (tertiary/aromatic N) is 2. The summed E-state index contributed by atoms with van der Waals surface area (Å²) in [6.07, 6.45) is 4.05. The van der Waals surface area contributed by atoms with Crippen molar-refractivity contribution in [3.05, 3.63) is 0 Å². The molecule has 3 rings (SSSR count). The normalized spacial score (nSPS) is 40.2. The molecule has 0 amide bonds. The summed E-state index contributed by atoms with van der Waals surface area (Å²) in [4.78, 5) is 6.75. The van der Waals surface area contributed by atoms with Gasteiger partial charge in [0.15, 0.2) is 5.96 Å². The SMILES string of the molecule is CC1OCCC12CN=C(N)N2CC1CC1. The first-order valence-electron chi connectivity index (χ1n) is 5.91. The lowest BCUT2D eigenvalue weighted by Crippen LogP contribution is -2.56. The zero-order valence-corrected chi connectivity index (χ0v) is 9.28. The van der Waals surface area contributed by atoms with Crippen molar-refractivity contribution in [1.29, 1.82) is 0 Å². The molecular formula is C11H19N3O. The Morgan fingerprint density at radius 1 is 1.60 bits per heavy atom. The lowest BCUT2D eigenvalue weighted by Gasteiger charge is -2.38. The maximum atomic E-state index is 5.99. The summed E-state index contributed by atoms with van der Waals surface area (Å²) >= 11 is 0. The molecule has 4 heteroatoms. The molecule has 2 fully saturated rings. The molecule has 2 N–H and O–H groups in total. The van der Waals surface area contributed by atoms with E-state index in [1.54, 1.807) is 0 Å². The zero-order valence-electron chi connectivity index (χ0n) is 9.28. The van der Waals surface area contributed by atoms with Gasteiger partial charge < -0.3 is 15.4 Å². The van der Waals surface area contributed by atoms with E-state index in [1.165, 1.54) is 12.8 Å². The monoisotopic (exact) mass is 209 g/mol. The Bertz CT molecular complexity index is 300. The second kappa shape index (κ2) is 3.11. The van der Waals surface area contributed by atoms with E-state index in [1.807, 2.05) is 0 Å². The maximum Gasteiger partial charge on any atom is 0.191 e. The molecule has 3 aliphatic rings. The van der Waals surface area contributed by atoms with Crippen LogP contribution in [0.4, 0.5) is 0 Å². The third-order valence-electron chi connectivity index (χ3n) is 4.13. The molecule has 0 aromatic heterocycles. The Balaban J connectivity index is 1.82. The van der Waals surface area contributed by atoms with E-state index in [0.717, 1.165) is 38.0 Å². The molecule has 0 aromatic rings. The van der Waals surface area contributed by atoms with Gasteiger partial charge in [0.25, 0.3) is 0 Å². The predicted octanol–water partition coefficient (Wildman–Crippen LogP) is 0.574. The Labute approximate surface area is 90.5 Å². The Hall–Kier alpha value is -0.770. The topological polar surface area (TPSA) is 50.9 Å². The Morgan fingerprint density at radius 3 is 3.00 bits per heavy atom. The van der Waals surface area contributed by atoms with Crippen LogP contribution < -0.4 is 5.73 Å². The molecule has 0 aromatic carbocycles. The summed E-state index contributed by atoms with van der Waals surface area (Å²) in [7, 11) is 0. The third-order valence-corrected chi connectivity index (χ3v) is 4.13. The van der Waals surface area contributed by atoms with Crippen LogP contribution in [0, 0.1) is 5.92 Å². The molecule has 0 bridgehead atoms. The van der Waals surface area contributed by atoms with E-state index >= 15 is 0 Å². The number of hydrogen-bond acceptors (Lipinski definition) is 4. The molecule has 1 saturated carbocycles. The first-order chi connectivity index (χ1) is 7.22. The zero-order chi connectivity index (χ0) is 10.5. The fraction of sp³-hybridized carbons (Fsp3) is 0.909. The van der Waals surface area contributed by atoms with Crippen LogP contribution >= 0.6 is 0 Å². The lowest BCUT2D eigenvalue weighted by molar-refractivity contribution is 0.0544. The molecule has 2 aliphatic heterocycles. The van der Waals surface area contributed by atoms with Gasteiger partial charge in [-0.2, -0.15) is 0 Å². The second-order valence-corrected chi connectivity index (χ2v) is 5.10. The van der Waals surface area contributed by atoms with Crippen molar-refractivity contribution in [3.8, 4) is 0 Å². The van der Waals surface area contributed by atoms with Crippen molar-refractivity contribution in [3.63, 3.8) is 0 Å². The number of aliphatic imine (C=N–C) groups is 1. The Morgan fingerprint density at radius 2 is 2.40 bits per heavy atom. The highest BCUT2D eigenvalue weighted by molar-refractivity contribution is 5.81. The molecule has 84 valence electrons. The van der Waals surface area contributed by atoms with E-state index in [0.29, 0.717) is 0 Å². The highest BCUT2D eigenvalue weighted by Gasteiger charge is 2.51.